The lowest BCUT2D eigenvalue weighted by atomic mass is 9.96. The van der Waals surface area contributed by atoms with Crippen molar-refractivity contribution in [3.8, 4) is 0 Å². The molecule has 0 radical (unpaired) electrons. The second-order valence-electron chi connectivity index (χ2n) is 5.29. The van der Waals surface area contributed by atoms with Crippen LogP contribution in [0.3, 0.4) is 0 Å². The molecule has 0 N–H and O–H groups in total. The summed E-state index contributed by atoms with van der Waals surface area (Å²) in [4.78, 5) is 14.3. The van der Waals surface area contributed by atoms with E-state index in [-0.39, 0.29) is 17.7 Å². The molecule has 0 saturated carbocycles. The summed E-state index contributed by atoms with van der Waals surface area (Å²) in [5.41, 5.74) is 1.70. The summed E-state index contributed by atoms with van der Waals surface area (Å²) in [7, 11) is 1.81. The number of hydrogen-bond donors (Lipinski definition) is 0. The first-order valence-corrected chi connectivity index (χ1v) is 6.87. The molecule has 2 rings (SSSR count). The van der Waals surface area contributed by atoms with Crippen LogP contribution >= 0.6 is 0 Å². The van der Waals surface area contributed by atoms with Crippen molar-refractivity contribution >= 4 is 5.78 Å². The number of likely N-dealkylation sites (N-methyl/N-ethyl adjacent to an activating group) is 1. The van der Waals surface area contributed by atoms with Crippen LogP contribution in [0.1, 0.15) is 37.9 Å². The summed E-state index contributed by atoms with van der Waals surface area (Å²) in [5, 5.41) is 0. The van der Waals surface area contributed by atoms with E-state index in [0.29, 0.717) is 5.76 Å². The smallest absolute Gasteiger partial charge is 0.225 e. The van der Waals surface area contributed by atoms with Crippen molar-refractivity contribution in [1.82, 2.24) is 4.90 Å². The van der Waals surface area contributed by atoms with Crippen molar-refractivity contribution in [1.29, 1.82) is 0 Å². The second-order valence-corrected chi connectivity index (χ2v) is 5.29. The lowest BCUT2D eigenvalue weighted by molar-refractivity contribution is -0.121. The van der Waals surface area contributed by atoms with Crippen molar-refractivity contribution in [2.45, 2.75) is 39.3 Å². The Balaban J connectivity index is 2.35. The quantitative estimate of drug-likeness (QED) is 0.846. The van der Waals surface area contributed by atoms with Gasteiger partial charge in [0.05, 0.1) is 6.10 Å². The standard InChI is InChI=1S/C16H20FNO2/c1-5-11-6-7-12(17)8-13(11)15-16(19)14(9-18(15)4)20-10(2)3/h6-10,15H,5H2,1-4H3. The molecule has 1 aliphatic heterocycles. The van der Waals surface area contributed by atoms with Gasteiger partial charge < -0.3 is 9.64 Å². The number of halogens is 1. The van der Waals surface area contributed by atoms with Gasteiger partial charge in [0.1, 0.15) is 11.9 Å². The van der Waals surface area contributed by atoms with Crippen LogP contribution in [0.4, 0.5) is 4.39 Å². The Hall–Kier alpha value is -1.84. The largest absolute Gasteiger partial charge is 0.486 e. The van der Waals surface area contributed by atoms with Gasteiger partial charge in [-0.1, -0.05) is 13.0 Å². The van der Waals surface area contributed by atoms with E-state index in [9.17, 15) is 9.18 Å². The first-order chi connectivity index (χ1) is 9.43. The average molecular weight is 277 g/mol. The Morgan fingerprint density at radius 2 is 2.10 bits per heavy atom. The molecule has 1 aromatic rings. The van der Waals surface area contributed by atoms with Crippen LogP contribution in [0.2, 0.25) is 0 Å². The van der Waals surface area contributed by atoms with Crippen molar-refractivity contribution < 1.29 is 13.9 Å². The minimum atomic E-state index is -0.491. The number of carbonyl (C=O) groups excluding carboxylic acids is 1. The molecule has 108 valence electrons. The summed E-state index contributed by atoms with van der Waals surface area (Å²) in [6.07, 6.45) is 2.39. The van der Waals surface area contributed by atoms with Gasteiger partial charge in [0.2, 0.25) is 5.78 Å². The van der Waals surface area contributed by atoms with Gasteiger partial charge in [-0.3, -0.25) is 4.79 Å². The predicted molar refractivity (Wildman–Crippen MR) is 75.6 cm³/mol. The van der Waals surface area contributed by atoms with E-state index in [4.69, 9.17) is 4.74 Å². The number of rotatable bonds is 4. The number of Topliss-reactive ketones (excluding diaryl/α,β-unsaturated/α-hetero) is 1. The molecular formula is C16H20FNO2. The minimum Gasteiger partial charge on any atom is -0.486 e. The molecule has 0 spiro atoms. The normalized spacial score (nSPS) is 18.7. The van der Waals surface area contributed by atoms with Crippen LogP contribution in [0.15, 0.2) is 30.2 Å². The summed E-state index contributed by atoms with van der Waals surface area (Å²) in [6.45, 7) is 5.75. The molecule has 0 aliphatic carbocycles. The third-order valence-corrected chi connectivity index (χ3v) is 3.37. The Kier molecular flexibility index (Phi) is 4.12. The SMILES string of the molecule is CCc1ccc(F)cc1C1C(=O)C(OC(C)C)=CN1C. The molecule has 0 aromatic heterocycles. The molecule has 4 heteroatoms. The van der Waals surface area contributed by atoms with E-state index in [1.807, 2.05) is 27.8 Å². The van der Waals surface area contributed by atoms with E-state index < -0.39 is 6.04 Å². The fourth-order valence-corrected chi connectivity index (χ4v) is 2.49. The number of ketones is 1. The Morgan fingerprint density at radius 3 is 2.70 bits per heavy atom. The Morgan fingerprint density at radius 1 is 1.40 bits per heavy atom. The van der Waals surface area contributed by atoms with Crippen LogP contribution in [-0.4, -0.2) is 23.8 Å². The lowest BCUT2D eigenvalue weighted by Gasteiger charge is -2.22. The van der Waals surface area contributed by atoms with Gasteiger partial charge in [-0.05, 0) is 43.5 Å². The monoisotopic (exact) mass is 277 g/mol. The maximum Gasteiger partial charge on any atom is 0.225 e. The number of aryl methyl sites for hydroxylation is 1. The Labute approximate surface area is 119 Å². The fraction of sp³-hybridized carbons (Fsp3) is 0.438. The van der Waals surface area contributed by atoms with E-state index in [1.54, 1.807) is 17.2 Å². The maximum atomic E-state index is 13.5. The van der Waals surface area contributed by atoms with Crippen molar-refractivity contribution in [3.05, 3.63) is 47.1 Å². The number of benzene rings is 1. The number of hydrogen-bond acceptors (Lipinski definition) is 3. The molecule has 0 fully saturated rings. The van der Waals surface area contributed by atoms with Gasteiger partial charge in [-0.2, -0.15) is 0 Å². The zero-order valence-electron chi connectivity index (χ0n) is 12.3. The van der Waals surface area contributed by atoms with Crippen LogP contribution in [0.5, 0.6) is 0 Å². The van der Waals surface area contributed by atoms with Gasteiger partial charge in [0.25, 0.3) is 0 Å². The highest BCUT2D eigenvalue weighted by molar-refractivity contribution is 6.00. The number of nitrogens with zero attached hydrogens (tertiary/aromatic N) is 1. The molecule has 0 bridgehead atoms. The van der Waals surface area contributed by atoms with Gasteiger partial charge in [0.15, 0.2) is 5.76 Å². The molecule has 3 nitrogen and oxygen atoms in total. The Bertz CT molecular complexity index is 551. The van der Waals surface area contributed by atoms with E-state index in [1.165, 1.54) is 12.1 Å². The van der Waals surface area contributed by atoms with Crippen molar-refractivity contribution in [2.75, 3.05) is 7.05 Å². The zero-order valence-corrected chi connectivity index (χ0v) is 12.3. The molecule has 1 aliphatic rings. The van der Waals surface area contributed by atoms with Crippen molar-refractivity contribution in [3.63, 3.8) is 0 Å². The highest BCUT2D eigenvalue weighted by Gasteiger charge is 2.35. The van der Waals surface area contributed by atoms with Gasteiger partial charge in [-0.15, -0.1) is 0 Å². The second kappa shape index (κ2) is 5.65. The highest BCUT2D eigenvalue weighted by atomic mass is 19.1. The number of carbonyl (C=O) groups is 1. The predicted octanol–water partition coefficient (Wildman–Crippen LogP) is 3.21. The van der Waals surface area contributed by atoms with E-state index in [2.05, 4.69) is 0 Å². The van der Waals surface area contributed by atoms with E-state index >= 15 is 0 Å². The maximum absolute atomic E-state index is 13.5. The van der Waals surface area contributed by atoms with Crippen LogP contribution < -0.4 is 0 Å². The third-order valence-electron chi connectivity index (χ3n) is 3.37. The summed E-state index contributed by atoms with van der Waals surface area (Å²) in [5.74, 6) is -0.0862. The topological polar surface area (TPSA) is 29.5 Å². The zero-order chi connectivity index (χ0) is 14.9. The molecule has 1 heterocycles. The fourth-order valence-electron chi connectivity index (χ4n) is 2.49. The van der Waals surface area contributed by atoms with E-state index in [0.717, 1.165) is 17.5 Å². The first-order valence-electron chi connectivity index (χ1n) is 6.87. The summed E-state index contributed by atoms with van der Waals surface area (Å²) in [6, 6.07) is 4.13. The minimum absolute atomic E-state index is 0.0597. The van der Waals surface area contributed by atoms with Gasteiger partial charge >= 0.3 is 0 Å². The van der Waals surface area contributed by atoms with Crippen LogP contribution in [-0.2, 0) is 16.0 Å². The third kappa shape index (κ3) is 2.69. The van der Waals surface area contributed by atoms with Crippen LogP contribution in [0, 0.1) is 5.82 Å². The molecule has 20 heavy (non-hydrogen) atoms. The average Bonchev–Trinajstić information content (AvgIpc) is 2.63. The summed E-state index contributed by atoms with van der Waals surface area (Å²) >= 11 is 0. The molecular weight excluding hydrogens is 257 g/mol. The lowest BCUT2D eigenvalue weighted by Crippen LogP contribution is -2.23. The molecule has 1 unspecified atom stereocenters. The molecule has 0 saturated heterocycles. The molecule has 0 amide bonds. The first kappa shape index (κ1) is 14.6. The highest BCUT2D eigenvalue weighted by Crippen LogP contribution is 2.33. The van der Waals surface area contributed by atoms with Gasteiger partial charge in [-0.25, -0.2) is 4.39 Å². The molecule has 1 atom stereocenters. The summed E-state index contributed by atoms with van der Waals surface area (Å²) < 4.78 is 19.0. The van der Waals surface area contributed by atoms with Crippen LogP contribution in [0.25, 0.3) is 0 Å². The number of ether oxygens (including phenoxy) is 1. The van der Waals surface area contributed by atoms with Crippen molar-refractivity contribution in [2.24, 2.45) is 0 Å². The van der Waals surface area contributed by atoms with Gasteiger partial charge in [0, 0.05) is 13.2 Å². The molecule has 1 aromatic carbocycles.